The van der Waals surface area contributed by atoms with Crippen LogP contribution in [0.15, 0.2) is 53.6 Å². The first-order valence-corrected chi connectivity index (χ1v) is 9.95. The lowest BCUT2D eigenvalue weighted by atomic mass is 10.2. The Morgan fingerprint density at radius 1 is 1.08 bits per heavy atom. The fraction of sp³-hybridized carbons (Fsp3) is 0.333. The van der Waals surface area contributed by atoms with Crippen LogP contribution in [0.25, 0.3) is 0 Å². The molecule has 2 heterocycles. The number of benzene rings is 1. The van der Waals surface area contributed by atoms with Gasteiger partial charge in [-0.25, -0.2) is 18.1 Å². The predicted molar refractivity (Wildman–Crippen MR) is 99.4 cm³/mol. The Bertz CT molecular complexity index is 863. The van der Waals surface area contributed by atoms with Crippen molar-refractivity contribution in [3.05, 3.63) is 54.2 Å². The second-order valence-electron chi connectivity index (χ2n) is 6.15. The second-order valence-corrected chi connectivity index (χ2v) is 7.88. The van der Waals surface area contributed by atoms with E-state index in [1.54, 1.807) is 36.2 Å². The van der Waals surface area contributed by atoms with Crippen LogP contribution in [0, 0.1) is 6.92 Å². The van der Waals surface area contributed by atoms with Gasteiger partial charge >= 0.3 is 0 Å². The third kappa shape index (κ3) is 4.20. The lowest BCUT2D eigenvalue weighted by Crippen LogP contribution is -2.51. The Hall–Kier alpha value is -2.45. The van der Waals surface area contributed by atoms with Crippen molar-refractivity contribution < 1.29 is 13.2 Å². The van der Waals surface area contributed by atoms with E-state index in [1.165, 1.54) is 6.07 Å². The van der Waals surface area contributed by atoms with Gasteiger partial charge < -0.3 is 9.80 Å². The van der Waals surface area contributed by atoms with Crippen LogP contribution in [-0.4, -0.2) is 56.9 Å². The van der Waals surface area contributed by atoms with E-state index in [4.69, 9.17) is 0 Å². The van der Waals surface area contributed by atoms with Crippen LogP contribution in [0.4, 0.5) is 5.82 Å². The molecule has 3 rings (SSSR count). The van der Waals surface area contributed by atoms with Crippen molar-refractivity contribution in [3.63, 3.8) is 0 Å². The second kappa shape index (κ2) is 7.84. The maximum absolute atomic E-state index is 12.4. The molecular weight excluding hydrogens is 352 g/mol. The van der Waals surface area contributed by atoms with Gasteiger partial charge in [0, 0.05) is 32.4 Å². The van der Waals surface area contributed by atoms with Crippen molar-refractivity contribution in [2.45, 2.75) is 11.8 Å². The summed E-state index contributed by atoms with van der Waals surface area (Å²) in [6, 6.07) is 12.4. The Morgan fingerprint density at radius 2 is 1.77 bits per heavy atom. The molecule has 8 heteroatoms. The maximum Gasteiger partial charge on any atom is 0.241 e. The van der Waals surface area contributed by atoms with Crippen LogP contribution in [0.1, 0.15) is 5.56 Å². The first-order valence-electron chi connectivity index (χ1n) is 8.46. The molecule has 2 aromatic rings. The van der Waals surface area contributed by atoms with Gasteiger partial charge in [0.2, 0.25) is 15.9 Å². The molecule has 1 aromatic heterocycles. The van der Waals surface area contributed by atoms with E-state index in [0.29, 0.717) is 31.7 Å². The third-order valence-corrected chi connectivity index (χ3v) is 5.96. The SMILES string of the molecule is Cc1ccccc1S(=O)(=O)NCC(=O)N1CCN(c2ccccn2)CC1. The average Bonchev–Trinajstić information content (AvgIpc) is 2.67. The van der Waals surface area contributed by atoms with Crippen LogP contribution in [0.2, 0.25) is 0 Å². The van der Waals surface area contributed by atoms with E-state index in [9.17, 15) is 13.2 Å². The summed E-state index contributed by atoms with van der Waals surface area (Å²) in [5.41, 5.74) is 0.649. The quantitative estimate of drug-likeness (QED) is 0.845. The van der Waals surface area contributed by atoms with Gasteiger partial charge in [-0.05, 0) is 30.7 Å². The normalized spacial score (nSPS) is 15.1. The summed E-state index contributed by atoms with van der Waals surface area (Å²) in [6.07, 6.45) is 1.74. The van der Waals surface area contributed by atoms with Gasteiger partial charge in [-0.3, -0.25) is 4.79 Å². The smallest absolute Gasteiger partial charge is 0.241 e. The summed E-state index contributed by atoms with van der Waals surface area (Å²) >= 11 is 0. The first-order chi connectivity index (χ1) is 12.5. The number of pyridine rings is 1. The van der Waals surface area contributed by atoms with Gasteiger partial charge in [0.25, 0.3) is 0 Å². The van der Waals surface area contributed by atoms with Crippen LogP contribution in [0.3, 0.4) is 0 Å². The number of aromatic nitrogens is 1. The molecule has 138 valence electrons. The molecule has 1 aliphatic heterocycles. The largest absolute Gasteiger partial charge is 0.353 e. The van der Waals surface area contributed by atoms with Gasteiger partial charge in [0.05, 0.1) is 11.4 Å². The summed E-state index contributed by atoms with van der Waals surface area (Å²) < 4.78 is 27.2. The number of carbonyl (C=O) groups excluding carboxylic acids is 1. The molecule has 0 radical (unpaired) electrons. The summed E-state index contributed by atoms with van der Waals surface area (Å²) in [6.45, 7) is 3.93. The van der Waals surface area contributed by atoms with Crippen molar-refractivity contribution in [2.24, 2.45) is 0 Å². The van der Waals surface area contributed by atoms with Crippen LogP contribution >= 0.6 is 0 Å². The Kier molecular flexibility index (Phi) is 5.53. The lowest BCUT2D eigenvalue weighted by Gasteiger charge is -2.35. The number of anilines is 1. The zero-order valence-corrected chi connectivity index (χ0v) is 15.4. The molecule has 1 fully saturated rings. The molecule has 1 aliphatic rings. The van der Waals surface area contributed by atoms with Gasteiger partial charge in [0.1, 0.15) is 5.82 Å². The maximum atomic E-state index is 12.4. The highest BCUT2D eigenvalue weighted by atomic mass is 32.2. The van der Waals surface area contributed by atoms with E-state index >= 15 is 0 Å². The highest BCUT2D eigenvalue weighted by molar-refractivity contribution is 7.89. The Balaban J connectivity index is 1.54. The summed E-state index contributed by atoms with van der Waals surface area (Å²) in [7, 11) is -3.70. The van der Waals surface area contributed by atoms with Crippen molar-refractivity contribution in [1.82, 2.24) is 14.6 Å². The number of hydrogen-bond acceptors (Lipinski definition) is 5. The number of carbonyl (C=O) groups is 1. The average molecular weight is 374 g/mol. The Labute approximate surface area is 153 Å². The van der Waals surface area contributed by atoms with E-state index in [0.717, 1.165) is 5.82 Å². The number of sulfonamides is 1. The van der Waals surface area contributed by atoms with Crippen molar-refractivity contribution in [1.29, 1.82) is 0 Å². The monoisotopic (exact) mass is 374 g/mol. The molecule has 1 saturated heterocycles. The van der Waals surface area contributed by atoms with Crippen LogP contribution in [-0.2, 0) is 14.8 Å². The summed E-state index contributed by atoms with van der Waals surface area (Å²) in [5.74, 6) is 0.669. The topological polar surface area (TPSA) is 82.6 Å². The third-order valence-electron chi connectivity index (χ3n) is 4.40. The number of rotatable bonds is 5. The zero-order valence-electron chi connectivity index (χ0n) is 14.6. The van der Waals surface area contributed by atoms with Crippen LogP contribution in [0.5, 0.6) is 0 Å². The molecule has 0 saturated carbocycles. The molecular formula is C18H22N4O3S. The van der Waals surface area contributed by atoms with Gasteiger partial charge in [-0.2, -0.15) is 0 Å². The predicted octanol–water partition coefficient (Wildman–Crippen LogP) is 1.02. The molecule has 1 amide bonds. The van der Waals surface area contributed by atoms with Crippen molar-refractivity contribution >= 4 is 21.7 Å². The first kappa shape index (κ1) is 18.3. The van der Waals surface area contributed by atoms with E-state index < -0.39 is 10.0 Å². The molecule has 0 spiro atoms. The minimum atomic E-state index is -3.70. The number of piperazine rings is 1. The van der Waals surface area contributed by atoms with Gasteiger partial charge in [-0.1, -0.05) is 24.3 Å². The molecule has 0 unspecified atom stereocenters. The van der Waals surface area contributed by atoms with E-state index in [1.807, 2.05) is 18.2 Å². The van der Waals surface area contributed by atoms with Gasteiger partial charge in [-0.15, -0.1) is 0 Å². The molecule has 1 aromatic carbocycles. The van der Waals surface area contributed by atoms with Gasteiger partial charge in [0.15, 0.2) is 0 Å². The lowest BCUT2D eigenvalue weighted by molar-refractivity contribution is -0.130. The van der Waals surface area contributed by atoms with Crippen molar-refractivity contribution in [2.75, 3.05) is 37.6 Å². The molecule has 0 atom stereocenters. The molecule has 26 heavy (non-hydrogen) atoms. The molecule has 7 nitrogen and oxygen atoms in total. The fourth-order valence-electron chi connectivity index (χ4n) is 2.93. The Morgan fingerprint density at radius 3 is 2.42 bits per heavy atom. The number of amides is 1. The number of aryl methyl sites for hydroxylation is 1. The summed E-state index contributed by atoms with van der Waals surface area (Å²) in [5, 5.41) is 0. The summed E-state index contributed by atoms with van der Waals surface area (Å²) in [4.78, 5) is 20.7. The van der Waals surface area contributed by atoms with Crippen molar-refractivity contribution in [3.8, 4) is 0 Å². The number of nitrogens with zero attached hydrogens (tertiary/aromatic N) is 3. The molecule has 1 N–H and O–H groups in total. The highest BCUT2D eigenvalue weighted by Crippen LogP contribution is 2.14. The van der Waals surface area contributed by atoms with E-state index in [-0.39, 0.29) is 17.3 Å². The standard InChI is InChI=1S/C18H22N4O3S/c1-15-6-2-3-7-16(15)26(24,25)20-14-18(23)22-12-10-21(11-13-22)17-8-4-5-9-19-17/h2-9,20H,10-14H2,1H3. The fourth-order valence-corrected chi connectivity index (χ4v) is 4.15. The highest BCUT2D eigenvalue weighted by Gasteiger charge is 2.24. The van der Waals surface area contributed by atoms with Crippen LogP contribution < -0.4 is 9.62 Å². The molecule has 0 bridgehead atoms. The zero-order chi connectivity index (χ0) is 18.6. The minimum Gasteiger partial charge on any atom is -0.353 e. The van der Waals surface area contributed by atoms with E-state index in [2.05, 4.69) is 14.6 Å². The number of hydrogen-bond donors (Lipinski definition) is 1. The molecule has 0 aliphatic carbocycles. The number of nitrogens with one attached hydrogen (secondary N) is 1. The minimum absolute atomic E-state index is 0.202.